The molecular formula is CH9Na3O5. The van der Waals surface area contributed by atoms with Crippen LogP contribution in [0.2, 0.25) is 0 Å². The molecular weight excluding hydrogens is 161 g/mol. The Hall–Kier alpha value is 2.19. The van der Waals surface area contributed by atoms with Gasteiger partial charge in [0, 0.05) is 0 Å². The molecule has 0 radical (unpaired) electrons. The fourth-order valence-electron chi connectivity index (χ4n) is 0. The minimum atomic E-state index is -1.83. The summed E-state index contributed by atoms with van der Waals surface area (Å²) in [4.78, 5) is 8.56. The van der Waals surface area contributed by atoms with E-state index in [0.29, 0.717) is 0 Å². The molecule has 0 amide bonds. The molecule has 0 atom stereocenters. The first-order chi connectivity index (χ1) is 1.73. The first-order valence-electron chi connectivity index (χ1n) is 0.651. The zero-order valence-corrected chi connectivity index (χ0v) is 11.8. The second-order valence-corrected chi connectivity index (χ2v) is 0.283. The monoisotopic (exact) mass is 170 g/mol. The molecule has 0 saturated carbocycles. The normalized spacial score (nSPS) is 2.67. The summed E-state index contributed by atoms with van der Waals surface area (Å²) in [6.45, 7) is 0. The molecule has 0 unspecified atom stereocenters. The van der Waals surface area contributed by atoms with Gasteiger partial charge in [-0.1, -0.05) is 0 Å². The minimum Gasteiger partial charge on any atom is -1.00 e. The van der Waals surface area contributed by atoms with Crippen molar-refractivity contribution < 1.29 is 119 Å². The van der Waals surface area contributed by atoms with Gasteiger partial charge in [0.15, 0.2) is 0 Å². The van der Waals surface area contributed by atoms with Crippen molar-refractivity contribution in [2.75, 3.05) is 0 Å². The van der Waals surface area contributed by atoms with Gasteiger partial charge in [-0.05, 0) is 0 Å². The summed E-state index contributed by atoms with van der Waals surface area (Å²) in [6, 6.07) is 0. The molecule has 0 aliphatic heterocycles. The third kappa shape index (κ3) is 143. The van der Waals surface area contributed by atoms with Crippen LogP contribution in [0.25, 0.3) is 0 Å². The van der Waals surface area contributed by atoms with E-state index in [0.717, 1.165) is 0 Å². The molecule has 0 aliphatic carbocycles. The van der Waals surface area contributed by atoms with Crippen molar-refractivity contribution in [1.82, 2.24) is 0 Å². The molecule has 5 nitrogen and oxygen atoms in total. The predicted octanol–water partition coefficient (Wildman–Crippen LogP) is -10.1. The molecule has 0 heterocycles. The summed E-state index contributed by atoms with van der Waals surface area (Å²) in [5, 5.41) is 13.9. The van der Waals surface area contributed by atoms with E-state index >= 15 is 0 Å². The summed E-state index contributed by atoms with van der Waals surface area (Å²) in [5.74, 6) is 0. The van der Waals surface area contributed by atoms with Gasteiger partial charge in [-0.3, -0.25) is 0 Å². The summed E-state index contributed by atoms with van der Waals surface area (Å²) in [7, 11) is 0. The Balaban J connectivity index is -0.00000000161. The van der Waals surface area contributed by atoms with E-state index in [1.165, 1.54) is 0 Å². The first-order valence-corrected chi connectivity index (χ1v) is 0.651. The minimum absolute atomic E-state index is 0. The number of hydrogen-bond donors (Lipinski definition) is 2. The van der Waals surface area contributed by atoms with Gasteiger partial charge in [0.05, 0.1) is 0 Å². The zero-order chi connectivity index (χ0) is 3.58. The number of carbonyl (C=O) groups is 1. The summed E-state index contributed by atoms with van der Waals surface area (Å²) in [5.41, 5.74) is 0. The fraction of sp³-hybridized carbons (Fsp3) is 0. The SMILES string of the molecule is O.O.O=C(O)O.[H-].[H-].[H-].[Na+].[Na+].[Na+]. The van der Waals surface area contributed by atoms with E-state index in [4.69, 9.17) is 15.0 Å². The maximum atomic E-state index is 8.56. The van der Waals surface area contributed by atoms with E-state index < -0.39 is 6.16 Å². The van der Waals surface area contributed by atoms with Crippen molar-refractivity contribution >= 4 is 6.16 Å². The van der Waals surface area contributed by atoms with Crippen LogP contribution in [0.3, 0.4) is 0 Å². The molecule has 0 aromatic rings. The number of rotatable bonds is 0. The van der Waals surface area contributed by atoms with Gasteiger partial charge in [0.1, 0.15) is 0 Å². The number of carboxylic acid groups (broad SMARTS) is 2. The van der Waals surface area contributed by atoms with Crippen LogP contribution in [0, 0.1) is 0 Å². The maximum Gasteiger partial charge on any atom is 1.00 e. The van der Waals surface area contributed by atoms with Crippen molar-refractivity contribution in [3.05, 3.63) is 0 Å². The second-order valence-electron chi connectivity index (χ2n) is 0.283. The molecule has 0 bridgehead atoms. The van der Waals surface area contributed by atoms with Crippen LogP contribution in [0.15, 0.2) is 0 Å². The first kappa shape index (κ1) is 43.1. The van der Waals surface area contributed by atoms with Crippen LogP contribution in [0.4, 0.5) is 4.79 Å². The van der Waals surface area contributed by atoms with Gasteiger partial charge in [-0.2, -0.15) is 0 Å². The predicted molar refractivity (Wildman–Crippen MR) is 21.2 cm³/mol. The Bertz CT molecular complexity index is 44.9. The van der Waals surface area contributed by atoms with E-state index in [2.05, 4.69) is 0 Å². The Morgan fingerprint density at radius 2 is 1.00 bits per heavy atom. The van der Waals surface area contributed by atoms with Crippen LogP contribution < -0.4 is 88.7 Å². The Labute approximate surface area is 123 Å². The van der Waals surface area contributed by atoms with Crippen LogP contribution >= 0.6 is 0 Å². The largest absolute Gasteiger partial charge is 1.00 e. The zero-order valence-electron chi connectivity index (χ0n) is 8.80. The van der Waals surface area contributed by atoms with Gasteiger partial charge in [0.2, 0.25) is 0 Å². The average Bonchev–Trinajstić information content (AvgIpc) is 0.811. The van der Waals surface area contributed by atoms with E-state index in [1.807, 2.05) is 0 Å². The van der Waals surface area contributed by atoms with Gasteiger partial charge in [0.25, 0.3) is 0 Å². The molecule has 9 heavy (non-hydrogen) atoms. The van der Waals surface area contributed by atoms with Crippen LogP contribution in [0.5, 0.6) is 0 Å². The van der Waals surface area contributed by atoms with Crippen molar-refractivity contribution in [2.45, 2.75) is 0 Å². The van der Waals surface area contributed by atoms with Gasteiger partial charge >= 0.3 is 94.8 Å². The summed E-state index contributed by atoms with van der Waals surface area (Å²) >= 11 is 0. The summed E-state index contributed by atoms with van der Waals surface area (Å²) in [6.07, 6.45) is -1.83. The van der Waals surface area contributed by atoms with Gasteiger partial charge in [-0.15, -0.1) is 0 Å². The molecule has 0 spiro atoms. The molecule has 0 aromatic carbocycles. The van der Waals surface area contributed by atoms with Crippen molar-refractivity contribution in [2.24, 2.45) is 0 Å². The standard InChI is InChI=1S/CH2O3.3Na.2H2O.3H/c2-1(3)4;;;;;;;;/h(H2,2,3,4);;;;2*1H2;;;/q;3*+1;;;3*-1. The average molecular weight is 170 g/mol. The fourth-order valence-corrected chi connectivity index (χ4v) is 0. The topological polar surface area (TPSA) is 121 Å². The van der Waals surface area contributed by atoms with Gasteiger partial charge < -0.3 is 25.4 Å². The van der Waals surface area contributed by atoms with E-state index in [-0.39, 0.29) is 104 Å². The quantitative estimate of drug-likeness (QED) is 0.351. The van der Waals surface area contributed by atoms with Crippen molar-refractivity contribution in [1.29, 1.82) is 0 Å². The molecule has 0 aromatic heterocycles. The summed E-state index contributed by atoms with van der Waals surface area (Å²) < 4.78 is 0. The third-order valence-corrected chi connectivity index (χ3v) is 0. The molecule has 0 aliphatic rings. The molecule has 6 N–H and O–H groups in total. The Morgan fingerprint density at radius 3 is 1.00 bits per heavy atom. The molecule has 0 fully saturated rings. The third-order valence-electron chi connectivity index (χ3n) is 0. The molecule has 0 saturated heterocycles. The Kier molecular flexibility index (Phi) is 153. The maximum absolute atomic E-state index is 8.56. The molecule has 46 valence electrons. The van der Waals surface area contributed by atoms with E-state index in [9.17, 15) is 0 Å². The second kappa shape index (κ2) is 31.9. The molecule has 0 rings (SSSR count). The Morgan fingerprint density at radius 1 is 1.00 bits per heavy atom. The molecule has 8 heteroatoms. The van der Waals surface area contributed by atoms with Crippen LogP contribution in [-0.4, -0.2) is 27.3 Å². The van der Waals surface area contributed by atoms with Crippen molar-refractivity contribution in [3.63, 3.8) is 0 Å². The van der Waals surface area contributed by atoms with Crippen LogP contribution in [-0.2, 0) is 0 Å². The van der Waals surface area contributed by atoms with E-state index in [1.54, 1.807) is 0 Å². The van der Waals surface area contributed by atoms with Gasteiger partial charge in [-0.25, -0.2) is 4.79 Å². The van der Waals surface area contributed by atoms with Crippen molar-refractivity contribution in [3.8, 4) is 0 Å². The number of hydrogen-bond acceptors (Lipinski definition) is 1. The smallest absolute Gasteiger partial charge is 1.00 e. The van der Waals surface area contributed by atoms with Crippen LogP contribution in [0.1, 0.15) is 4.28 Å².